The van der Waals surface area contributed by atoms with Crippen LogP contribution in [-0.2, 0) is 16.1 Å². The molecule has 5 nitrogen and oxygen atoms in total. The fourth-order valence-electron chi connectivity index (χ4n) is 1.48. The first-order valence-corrected chi connectivity index (χ1v) is 5.39. The maximum absolute atomic E-state index is 12.9. The molecule has 1 amide bonds. The molecule has 0 saturated heterocycles. The predicted octanol–water partition coefficient (Wildman–Crippen LogP) is 0.880. The summed E-state index contributed by atoms with van der Waals surface area (Å²) < 4.78 is 12.9. The standard InChI is InChI=1S/C12H15FN2O3.ClH/c1-15(8-11(16)14-6-12(17)18)7-9-3-2-4-10(13)5-9;/h2-5H,6-8H2,1H3,(H,14,16)(H,17,18);1H. The molecule has 0 heterocycles. The first-order chi connectivity index (χ1) is 8.47. The minimum Gasteiger partial charge on any atom is -0.480 e. The van der Waals surface area contributed by atoms with Gasteiger partial charge in [0.05, 0.1) is 6.54 Å². The van der Waals surface area contributed by atoms with Gasteiger partial charge in [0.1, 0.15) is 12.4 Å². The summed E-state index contributed by atoms with van der Waals surface area (Å²) in [6.07, 6.45) is 0. The van der Waals surface area contributed by atoms with E-state index >= 15 is 0 Å². The van der Waals surface area contributed by atoms with Crippen LogP contribution in [-0.4, -0.2) is 42.0 Å². The van der Waals surface area contributed by atoms with Crippen molar-refractivity contribution in [1.82, 2.24) is 10.2 Å². The fourth-order valence-corrected chi connectivity index (χ4v) is 1.48. The van der Waals surface area contributed by atoms with Gasteiger partial charge in [0, 0.05) is 6.54 Å². The average Bonchev–Trinajstić information content (AvgIpc) is 2.26. The Hall–Kier alpha value is -1.66. The fraction of sp³-hybridized carbons (Fsp3) is 0.333. The second-order valence-electron chi connectivity index (χ2n) is 3.97. The van der Waals surface area contributed by atoms with Crippen molar-refractivity contribution in [2.45, 2.75) is 6.54 Å². The first kappa shape index (κ1) is 17.3. The van der Waals surface area contributed by atoms with Gasteiger partial charge in [-0.3, -0.25) is 14.5 Å². The zero-order chi connectivity index (χ0) is 13.5. The van der Waals surface area contributed by atoms with Gasteiger partial charge in [-0.2, -0.15) is 0 Å². The van der Waals surface area contributed by atoms with Gasteiger partial charge in [0.15, 0.2) is 0 Å². The maximum Gasteiger partial charge on any atom is 0.322 e. The van der Waals surface area contributed by atoms with Gasteiger partial charge in [0.2, 0.25) is 5.91 Å². The van der Waals surface area contributed by atoms with E-state index in [1.807, 2.05) is 0 Å². The normalized spacial score (nSPS) is 9.84. The number of hydrogen-bond acceptors (Lipinski definition) is 3. The second kappa shape index (κ2) is 8.44. The lowest BCUT2D eigenvalue weighted by molar-refractivity contribution is -0.138. The minimum absolute atomic E-state index is 0. The zero-order valence-corrected chi connectivity index (χ0v) is 11.2. The highest BCUT2D eigenvalue weighted by atomic mass is 35.5. The van der Waals surface area contributed by atoms with Crippen LogP contribution < -0.4 is 5.32 Å². The number of carboxylic acids is 1. The van der Waals surface area contributed by atoms with Crippen LogP contribution in [0.2, 0.25) is 0 Å². The number of carbonyl (C=O) groups is 2. The van der Waals surface area contributed by atoms with E-state index in [2.05, 4.69) is 5.32 Å². The van der Waals surface area contributed by atoms with E-state index in [0.29, 0.717) is 6.54 Å². The molecule has 7 heteroatoms. The van der Waals surface area contributed by atoms with E-state index < -0.39 is 12.5 Å². The SMILES string of the molecule is CN(CC(=O)NCC(=O)O)Cc1cccc(F)c1.Cl. The topological polar surface area (TPSA) is 69.6 Å². The highest BCUT2D eigenvalue weighted by Gasteiger charge is 2.08. The molecule has 19 heavy (non-hydrogen) atoms. The summed E-state index contributed by atoms with van der Waals surface area (Å²) >= 11 is 0. The Morgan fingerprint density at radius 2 is 2.11 bits per heavy atom. The molecule has 0 saturated carbocycles. The molecule has 0 bridgehead atoms. The van der Waals surface area contributed by atoms with Gasteiger partial charge < -0.3 is 10.4 Å². The second-order valence-corrected chi connectivity index (χ2v) is 3.97. The summed E-state index contributed by atoms with van der Waals surface area (Å²) in [6, 6.07) is 6.10. The predicted molar refractivity (Wildman–Crippen MR) is 70.6 cm³/mol. The number of carbonyl (C=O) groups excluding carboxylic acids is 1. The highest BCUT2D eigenvalue weighted by Crippen LogP contribution is 2.05. The van der Waals surface area contributed by atoms with Crippen molar-refractivity contribution in [2.24, 2.45) is 0 Å². The minimum atomic E-state index is -1.09. The van der Waals surface area contributed by atoms with E-state index in [1.165, 1.54) is 12.1 Å². The number of likely N-dealkylation sites (N-methyl/N-ethyl adjacent to an activating group) is 1. The number of amides is 1. The van der Waals surface area contributed by atoms with Crippen molar-refractivity contribution < 1.29 is 19.1 Å². The van der Waals surface area contributed by atoms with E-state index in [4.69, 9.17) is 5.11 Å². The maximum atomic E-state index is 12.9. The Kier molecular flexibility index (Phi) is 7.71. The molecule has 0 radical (unpaired) electrons. The monoisotopic (exact) mass is 290 g/mol. The number of aliphatic carboxylic acids is 1. The third-order valence-corrected chi connectivity index (χ3v) is 2.19. The van der Waals surface area contributed by atoms with E-state index in [1.54, 1.807) is 24.1 Å². The van der Waals surface area contributed by atoms with Gasteiger partial charge >= 0.3 is 5.97 Å². The lowest BCUT2D eigenvalue weighted by Gasteiger charge is -2.15. The molecule has 0 unspecified atom stereocenters. The third-order valence-electron chi connectivity index (χ3n) is 2.19. The van der Waals surface area contributed by atoms with Crippen molar-refractivity contribution in [2.75, 3.05) is 20.1 Å². The molecule has 0 spiro atoms. The first-order valence-electron chi connectivity index (χ1n) is 5.39. The van der Waals surface area contributed by atoms with Crippen LogP contribution in [0.1, 0.15) is 5.56 Å². The smallest absolute Gasteiger partial charge is 0.322 e. The van der Waals surface area contributed by atoms with Crippen LogP contribution in [0.3, 0.4) is 0 Å². The van der Waals surface area contributed by atoms with E-state index in [-0.39, 0.29) is 30.7 Å². The molecule has 0 aromatic heterocycles. The quantitative estimate of drug-likeness (QED) is 0.816. The summed E-state index contributed by atoms with van der Waals surface area (Å²) in [5.41, 5.74) is 0.753. The van der Waals surface area contributed by atoms with Crippen LogP contribution in [0.5, 0.6) is 0 Å². The van der Waals surface area contributed by atoms with Crippen molar-refractivity contribution in [3.63, 3.8) is 0 Å². The molecule has 0 fully saturated rings. The summed E-state index contributed by atoms with van der Waals surface area (Å²) in [7, 11) is 1.70. The van der Waals surface area contributed by atoms with Crippen molar-refractivity contribution >= 4 is 24.3 Å². The summed E-state index contributed by atoms with van der Waals surface area (Å²) in [6.45, 7) is 0.0781. The van der Waals surface area contributed by atoms with Crippen LogP contribution in [0.4, 0.5) is 4.39 Å². The van der Waals surface area contributed by atoms with Gasteiger partial charge in [-0.05, 0) is 24.7 Å². The summed E-state index contributed by atoms with van der Waals surface area (Å²) in [5, 5.41) is 10.6. The number of halogens is 2. The number of rotatable bonds is 6. The Balaban J connectivity index is 0.00000324. The molecule has 0 aliphatic rings. The van der Waals surface area contributed by atoms with Crippen molar-refractivity contribution in [3.05, 3.63) is 35.6 Å². The van der Waals surface area contributed by atoms with Gasteiger partial charge in [-0.1, -0.05) is 12.1 Å². The average molecular weight is 291 g/mol. The lowest BCUT2D eigenvalue weighted by atomic mass is 10.2. The molecular formula is C12H16ClFN2O3. The number of benzene rings is 1. The van der Waals surface area contributed by atoms with Gasteiger partial charge in [-0.25, -0.2) is 4.39 Å². The van der Waals surface area contributed by atoms with E-state index in [0.717, 1.165) is 5.56 Å². The Labute approximate surface area is 116 Å². The van der Waals surface area contributed by atoms with Crippen molar-refractivity contribution in [3.8, 4) is 0 Å². The molecule has 1 rings (SSSR count). The highest BCUT2D eigenvalue weighted by molar-refractivity contribution is 5.85. The molecule has 0 atom stereocenters. The molecule has 1 aromatic carbocycles. The third kappa shape index (κ3) is 7.38. The zero-order valence-electron chi connectivity index (χ0n) is 10.4. The lowest BCUT2D eigenvalue weighted by Crippen LogP contribution is -2.37. The van der Waals surface area contributed by atoms with Gasteiger partial charge in [-0.15, -0.1) is 12.4 Å². The summed E-state index contributed by atoms with van der Waals surface area (Å²) in [5.74, 6) is -1.79. The van der Waals surface area contributed by atoms with Crippen LogP contribution in [0.15, 0.2) is 24.3 Å². The molecule has 0 aliphatic carbocycles. The molecule has 106 valence electrons. The Bertz CT molecular complexity index is 443. The van der Waals surface area contributed by atoms with Crippen molar-refractivity contribution in [1.29, 1.82) is 0 Å². The Morgan fingerprint density at radius 1 is 1.42 bits per heavy atom. The van der Waals surface area contributed by atoms with Gasteiger partial charge in [0.25, 0.3) is 0 Å². The van der Waals surface area contributed by atoms with Crippen LogP contribution in [0.25, 0.3) is 0 Å². The molecule has 0 aliphatic heterocycles. The number of hydrogen-bond donors (Lipinski definition) is 2. The molecule has 2 N–H and O–H groups in total. The number of carboxylic acid groups (broad SMARTS) is 1. The number of nitrogens with one attached hydrogen (secondary N) is 1. The van der Waals surface area contributed by atoms with E-state index in [9.17, 15) is 14.0 Å². The number of nitrogens with zero attached hydrogens (tertiary/aromatic N) is 1. The van der Waals surface area contributed by atoms with Crippen LogP contribution >= 0.6 is 12.4 Å². The van der Waals surface area contributed by atoms with Crippen LogP contribution in [0, 0.1) is 5.82 Å². The molecular weight excluding hydrogens is 275 g/mol. The Morgan fingerprint density at radius 3 is 2.68 bits per heavy atom. The summed E-state index contributed by atoms with van der Waals surface area (Å²) in [4.78, 5) is 23.2. The molecule has 1 aromatic rings. The largest absolute Gasteiger partial charge is 0.480 e.